The van der Waals surface area contributed by atoms with Crippen LogP contribution in [0.2, 0.25) is 0 Å². The fourth-order valence-corrected chi connectivity index (χ4v) is 1.76. The third-order valence-electron chi connectivity index (χ3n) is 3.01. The SMILES string of the molecule is Cn1ccn(CCOc2ccc(B(O)O)cc2)c(=O)c1=O. The fourth-order valence-electron chi connectivity index (χ4n) is 1.76. The minimum absolute atomic E-state index is 0.216. The molecule has 0 saturated carbocycles. The van der Waals surface area contributed by atoms with Gasteiger partial charge >= 0.3 is 18.2 Å². The summed E-state index contributed by atoms with van der Waals surface area (Å²) in [4.78, 5) is 23.1. The van der Waals surface area contributed by atoms with Crippen molar-refractivity contribution >= 4 is 12.6 Å². The molecule has 0 fully saturated rings. The van der Waals surface area contributed by atoms with Crippen LogP contribution in [0, 0.1) is 0 Å². The molecule has 0 aliphatic heterocycles. The van der Waals surface area contributed by atoms with Gasteiger partial charge in [-0.25, -0.2) is 0 Å². The maximum Gasteiger partial charge on any atom is 0.488 e. The first-order valence-corrected chi connectivity index (χ1v) is 6.34. The molecule has 2 rings (SSSR count). The molecule has 8 heteroatoms. The van der Waals surface area contributed by atoms with Crippen molar-refractivity contribution in [3.8, 4) is 5.75 Å². The predicted molar refractivity (Wildman–Crippen MR) is 77.7 cm³/mol. The van der Waals surface area contributed by atoms with Crippen LogP contribution in [0.25, 0.3) is 0 Å². The van der Waals surface area contributed by atoms with Crippen LogP contribution in [0.4, 0.5) is 0 Å². The summed E-state index contributed by atoms with van der Waals surface area (Å²) in [6.45, 7) is 0.466. The molecular formula is C13H15BN2O5. The molecule has 110 valence electrons. The van der Waals surface area contributed by atoms with Crippen molar-refractivity contribution in [1.29, 1.82) is 0 Å². The summed E-state index contributed by atoms with van der Waals surface area (Å²) in [5, 5.41) is 17.9. The minimum Gasteiger partial charge on any atom is -0.492 e. The van der Waals surface area contributed by atoms with Crippen LogP contribution in [0.3, 0.4) is 0 Å². The summed E-state index contributed by atoms with van der Waals surface area (Å²) in [5.41, 5.74) is -0.814. The van der Waals surface area contributed by atoms with Crippen LogP contribution in [0.5, 0.6) is 5.75 Å². The van der Waals surface area contributed by atoms with E-state index in [1.165, 1.54) is 40.7 Å². The smallest absolute Gasteiger partial charge is 0.488 e. The summed E-state index contributed by atoms with van der Waals surface area (Å²) in [7, 11) is -0.00000766. The van der Waals surface area contributed by atoms with Crippen molar-refractivity contribution in [1.82, 2.24) is 9.13 Å². The summed E-state index contributed by atoms with van der Waals surface area (Å²) >= 11 is 0. The number of aromatic nitrogens is 2. The molecule has 1 aromatic carbocycles. The van der Waals surface area contributed by atoms with Crippen molar-refractivity contribution in [2.24, 2.45) is 7.05 Å². The summed E-state index contributed by atoms with van der Waals surface area (Å²) < 4.78 is 7.94. The zero-order valence-corrected chi connectivity index (χ0v) is 11.5. The molecule has 0 saturated heterocycles. The molecule has 7 nitrogen and oxygen atoms in total. The topological polar surface area (TPSA) is 93.7 Å². The Morgan fingerprint density at radius 1 is 1.10 bits per heavy atom. The van der Waals surface area contributed by atoms with Crippen molar-refractivity contribution in [3.63, 3.8) is 0 Å². The summed E-state index contributed by atoms with van der Waals surface area (Å²) in [5.74, 6) is 0.538. The van der Waals surface area contributed by atoms with E-state index in [1.54, 1.807) is 12.1 Å². The molecule has 1 heterocycles. The van der Waals surface area contributed by atoms with Gasteiger partial charge in [-0.15, -0.1) is 0 Å². The average Bonchev–Trinajstić information content (AvgIpc) is 2.48. The lowest BCUT2D eigenvalue weighted by atomic mass is 9.80. The monoisotopic (exact) mass is 290 g/mol. The zero-order valence-electron chi connectivity index (χ0n) is 11.5. The normalized spacial score (nSPS) is 10.4. The van der Waals surface area contributed by atoms with Gasteiger partial charge < -0.3 is 23.9 Å². The molecule has 0 amide bonds. The molecule has 0 unspecified atom stereocenters. The van der Waals surface area contributed by atoms with E-state index in [-0.39, 0.29) is 13.2 Å². The van der Waals surface area contributed by atoms with Gasteiger partial charge in [-0.05, 0) is 17.6 Å². The second-order valence-corrected chi connectivity index (χ2v) is 4.50. The number of aryl methyl sites for hydroxylation is 1. The quantitative estimate of drug-likeness (QED) is 0.506. The van der Waals surface area contributed by atoms with Crippen molar-refractivity contribution in [2.45, 2.75) is 6.54 Å². The average molecular weight is 290 g/mol. The Labute approximate surface area is 120 Å². The first-order valence-electron chi connectivity index (χ1n) is 6.34. The van der Waals surface area contributed by atoms with Crippen LogP contribution in [0.15, 0.2) is 46.2 Å². The Morgan fingerprint density at radius 3 is 2.38 bits per heavy atom. The minimum atomic E-state index is -1.52. The number of hydrogen-bond acceptors (Lipinski definition) is 5. The highest BCUT2D eigenvalue weighted by Crippen LogP contribution is 2.07. The number of ether oxygens (including phenoxy) is 1. The van der Waals surface area contributed by atoms with Gasteiger partial charge in [-0.3, -0.25) is 9.59 Å². The van der Waals surface area contributed by atoms with Gasteiger partial charge in [0.2, 0.25) is 0 Å². The van der Waals surface area contributed by atoms with Gasteiger partial charge in [0.05, 0.1) is 6.54 Å². The third kappa shape index (κ3) is 3.62. The van der Waals surface area contributed by atoms with Crippen molar-refractivity contribution in [3.05, 3.63) is 57.4 Å². The van der Waals surface area contributed by atoms with Gasteiger partial charge in [0.25, 0.3) is 0 Å². The molecule has 0 spiro atoms. The predicted octanol–water partition coefficient (Wildman–Crippen LogP) is -1.69. The van der Waals surface area contributed by atoms with E-state index in [0.29, 0.717) is 11.2 Å². The molecule has 0 atom stereocenters. The van der Waals surface area contributed by atoms with Crippen LogP contribution in [0.1, 0.15) is 0 Å². The molecule has 0 bridgehead atoms. The van der Waals surface area contributed by atoms with Gasteiger partial charge in [0.1, 0.15) is 12.4 Å². The first kappa shape index (κ1) is 15.1. The Bertz CT molecular complexity index is 721. The Morgan fingerprint density at radius 2 is 1.76 bits per heavy atom. The molecular weight excluding hydrogens is 275 g/mol. The zero-order chi connectivity index (χ0) is 15.4. The van der Waals surface area contributed by atoms with E-state index < -0.39 is 18.2 Å². The van der Waals surface area contributed by atoms with Crippen LogP contribution in [-0.2, 0) is 13.6 Å². The van der Waals surface area contributed by atoms with E-state index in [1.807, 2.05) is 0 Å². The molecule has 0 radical (unpaired) electrons. The number of hydrogen-bond donors (Lipinski definition) is 2. The van der Waals surface area contributed by atoms with E-state index >= 15 is 0 Å². The number of benzene rings is 1. The Hall–Kier alpha value is -2.32. The van der Waals surface area contributed by atoms with Gasteiger partial charge in [0, 0.05) is 19.4 Å². The Kier molecular flexibility index (Phi) is 4.61. The summed E-state index contributed by atoms with van der Waals surface area (Å²) in [6.07, 6.45) is 3.04. The van der Waals surface area contributed by atoms with Gasteiger partial charge in [-0.2, -0.15) is 0 Å². The molecule has 21 heavy (non-hydrogen) atoms. The highest BCUT2D eigenvalue weighted by molar-refractivity contribution is 6.58. The first-order chi connectivity index (χ1) is 9.99. The molecule has 0 aliphatic carbocycles. The van der Waals surface area contributed by atoms with E-state index in [2.05, 4.69) is 0 Å². The van der Waals surface area contributed by atoms with Crippen LogP contribution >= 0.6 is 0 Å². The van der Waals surface area contributed by atoms with Crippen LogP contribution in [-0.4, -0.2) is 32.9 Å². The van der Waals surface area contributed by atoms with Crippen LogP contribution < -0.4 is 21.3 Å². The second kappa shape index (κ2) is 6.42. The van der Waals surface area contributed by atoms with E-state index in [0.717, 1.165) is 0 Å². The standard InChI is InChI=1S/C13H15BN2O5/c1-15-6-7-16(13(18)12(15)17)8-9-21-11-4-2-10(3-5-11)14(19)20/h2-7,19-20H,8-9H2,1H3. The number of rotatable bonds is 5. The van der Waals surface area contributed by atoms with Gasteiger partial charge in [0.15, 0.2) is 0 Å². The molecule has 0 aliphatic rings. The van der Waals surface area contributed by atoms with Crippen molar-refractivity contribution in [2.75, 3.05) is 6.61 Å². The van der Waals surface area contributed by atoms with E-state index in [4.69, 9.17) is 14.8 Å². The Balaban J connectivity index is 1.97. The maximum absolute atomic E-state index is 11.7. The molecule has 1 aromatic heterocycles. The summed E-state index contributed by atoms with van der Waals surface area (Å²) in [6, 6.07) is 6.26. The van der Waals surface area contributed by atoms with Gasteiger partial charge in [-0.1, -0.05) is 12.1 Å². The third-order valence-corrected chi connectivity index (χ3v) is 3.01. The van der Waals surface area contributed by atoms with E-state index in [9.17, 15) is 9.59 Å². The van der Waals surface area contributed by atoms with Crippen molar-refractivity contribution < 1.29 is 14.8 Å². The molecule has 2 aromatic rings. The lowest BCUT2D eigenvalue weighted by Gasteiger charge is -2.09. The maximum atomic E-state index is 11.7. The highest BCUT2D eigenvalue weighted by Gasteiger charge is 2.09. The molecule has 2 N–H and O–H groups in total. The lowest BCUT2D eigenvalue weighted by Crippen LogP contribution is -2.40. The fraction of sp³-hybridized carbons (Fsp3) is 0.231. The second-order valence-electron chi connectivity index (χ2n) is 4.50. The number of nitrogens with zero attached hydrogens (tertiary/aromatic N) is 2. The highest BCUT2D eigenvalue weighted by atomic mass is 16.5. The lowest BCUT2D eigenvalue weighted by molar-refractivity contribution is 0.295. The largest absolute Gasteiger partial charge is 0.492 e.